The summed E-state index contributed by atoms with van der Waals surface area (Å²) in [6.45, 7) is 1.12. The number of rotatable bonds is 4. The first-order valence-electron chi connectivity index (χ1n) is 4.44. The van der Waals surface area contributed by atoms with Gasteiger partial charge in [-0.2, -0.15) is 0 Å². The van der Waals surface area contributed by atoms with Gasteiger partial charge in [0.25, 0.3) is 0 Å². The summed E-state index contributed by atoms with van der Waals surface area (Å²) in [7, 11) is 4.18. The molecular formula is C10H15BrN2. The maximum Gasteiger partial charge on any atom is 0.106 e. The lowest BCUT2D eigenvalue weighted by Gasteiger charge is -2.08. The molecule has 13 heavy (non-hydrogen) atoms. The number of halogens is 1. The lowest BCUT2D eigenvalue weighted by molar-refractivity contribution is 0.399. The molecule has 0 unspecified atom stereocenters. The van der Waals surface area contributed by atoms with Crippen LogP contribution in [0.4, 0.5) is 0 Å². The third-order valence-electron chi connectivity index (χ3n) is 1.81. The van der Waals surface area contributed by atoms with Gasteiger partial charge >= 0.3 is 0 Å². The molecule has 0 radical (unpaired) electrons. The summed E-state index contributed by atoms with van der Waals surface area (Å²) in [5, 5.41) is 0. The molecule has 0 spiro atoms. The van der Waals surface area contributed by atoms with Crippen LogP contribution in [0, 0.1) is 0 Å². The predicted molar refractivity (Wildman–Crippen MR) is 58.8 cm³/mol. The number of nitrogens with zero attached hydrogens (tertiary/aromatic N) is 2. The van der Waals surface area contributed by atoms with Gasteiger partial charge in [0.2, 0.25) is 0 Å². The smallest absolute Gasteiger partial charge is 0.106 e. The highest BCUT2D eigenvalue weighted by molar-refractivity contribution is 9.10. The summed E-state index contributed by atoms with van der Waals surface area (Å²) in [4.78, 5) is 6.56. The summed E-state index contributed by atoms with van der Waals surface area (Å²) in [5.74, 6) is 0. The summed E-state index contributed by atoms with van der Waals surface area (Å²) in [6.07, 6.45) is 2.22. The maximum absolute atomic E-state index is 4.37. The van der Waals surface area contributed by atoms with E-state index in [1.807, 2.05) is 12.1 Å². The summed E-state index contributed by atoms with van der Waals surface area (Å²) in [6, 6.07) is 6.05. The van der Waals surface area contributed by atoms with Crippen LogP contribution in [-0.4, -0.2) is 30.5 Å². The number of hydrogen-bond donors (Lipinski definition) is 0. The quantitative estimate of drug-likeness (QED) is 0.754. The van der Waals surface area contributed by atoms with Crippen LogP contribution in [-0.2, 0) is 6.42 Å². The Morgan fingerprint density at radius 1 is 1.38 bits per heavy atom. The van der Waals surface area contributed by atoms with Crippen molar-refractivity contribution in [1.82, 2.24) is 9.88 Å². The molecule has 2 nitrogen and oxygen atoms in total. The molecule has 1 aromatic heterocycles. The van der Waals surface area contributed by atoms with Gasteiger partial charge in [-0.3, -0.25) is 0 Å². The molecule has 0 aliphatic heterocycles. The van der Waals surface area contributed by atoms with E-state index in [4.69, 9.17) is 0 Å². The highest BCUT2D eigenvalue weighted by Crippen LogP contribution is 2.07. The van der Waals surface area contributed by atoms with Crippen LogP contribution in [0.3, 0.4) is 0 Å². The Bertz CT molecular complexity index is 261. The molecule has 0 saturated heterocycles. The van der Waals surface area contributed by atoms with E-state index in [0.717, 1.165) is 29.7 Å². The minimum atomic E-state index is 0.926. The molecule has 0 fully saturated rings. The highest BCUT2D eigenvalue weighted by Gasteiger charge is 1.96. The Kier molecular flexibility index (Phi) is 4.39. The number of aryl methyl sites for hydroxylation is 1. The SMILES string of the molecule is CN(C)CCCc1cccc(Br)n1. The summed E-state index contributed by atoms with van der Waals surface area (Å²) >= 11 is 3.36. The molecule has 1 rings (SSSR count). The van der Waals surface area contributed by atoms with Crippen molar-refractivity contribution in [2.24, 2.45) is 0 Å². The second kappa shape index (κ2) is 5.35. The van der Waals surface area contributed by atoms with E-state index < -0.39 is 0 Å². The zero-order valence-corrected chi connectivity index (χ0v) is 9.71. The van der Waals surface area contributed by atoms with Crippen LogP contribution in [0.2, 0.25) is 0 Å². The van der Waals surface area contributed by atoms with Gasteiger partial charge in [0, 0.05) is 5.69 Å². The van der Waals surface area contributed by atoms with E-state index in [1.54, 1.807) is 0 Å². The first-order valence-corrected chi connectivity index (χ1v) is 5.24. The molecule has 1 aromatic rings. The maximum atomic E-state index is 4.37. The second-order valence-corrected chi connectivity index (χ2v) is 4.17. The van der Waals surface area contributed by atoms with Crippen molar-refractivity contribution in [2.75, 3.05) is 20.6 Å². The molecule has 1 heterocycles. The Hall–Kier alpha value is -0.410. The number of aromatic nitrogens is 1. The Balaban J connectivity index is 2.37. The van der Waals surface area contributed by atoms with Crippen molar-refractivity contribution in [3.8, 4) is 0 Å². The second-order valence-electron chi connectivity index (χ2n) is 3.36. The van der Waals surface area contributed by atoms with Gasteiger partial charge in [-0.05, 0) is 61.5 Å². The van der Waals surface area contributed by atoms with E-state index in [-0.39, 0.29) is 0 Å². The number of pyridine rings is 1. The van der Waals surface area contributed by atoms with Crippen molar-refractivity contribution in [1.29, 1.82) is 0 Å². The molecule has 0 N–H and O–H groups in total. The van der Waals surface area contributed by atoms with Crippen molar-refractivity contribution in [2.45, 2.75) is 12.8 Å². The lowest BCUT2D eigenvalue weighted by atomic mass is 10.2. The van der Waals surface area contributed by atoms with Gasteiger partial charge in [0.1, 0.15) is 4.60 Å². The highest BCUT2D eigenvalue weighted by atomic mass is 79.9. The van der Waals surface area contributed by atoms with Gasteiger partial charge in [-0.15, -0.1) is 0 Å². The molecule has 3 heteroatoms. The standard InChI is InChI=1S/C10H15BrN2/c1-13(2)8-4-6-9-5-3-7-10(11)12-9/h3,5,7H,4,6,8H2,1-2H3. The van der Waals surface area contributed by atoms with E-state index in [1.165, 1.54) is 0 Å². The largest absolute Gasteiger partial charge is 0.309 e. The fraction of sp³-hybridized carbons (Fsp3) is 0.500. The predicted octanol–water partition coefficient (Wildman–Crippen LogP) is 2.34. The van der Waals surface area contributed by atoms with Gasteiger partial charge in [-0.1, -0.05) is 6.07 Å². The van der Waals surface area contributed by atoms with E-state index >= 15 is 0 Å². The Labute approximate surface area is 88.1 Å². The van der Waals surface area contributed by atoms with Crippen LogP contribution in [0.25, 0.3) is 0 Å². The average molecular weight is 243 g/mol. The molecule has 0 aromatic carbocycles. The van der Waals surface area contributed by atoms with Gasteiger partial charge in [0.05, 0.1) is 0 Å². The van der Waals surface area contributed by atoms with Crippen molar-refractivity contribution in [3.63, 3.8) is 0 Å². The zero-order valence-electron chi connectivity index (χ0n) is 8.13. The van der Waals surface area contributed by atoms with Crippen molar-refractivity contribution < 1.29 is 0 Å². The fourth-order valence-electron chi connectivity index (χ4n) is 1.17. The van der Waals surface area contributed by atoms with E-state index in [0.29, 0.717) is 0 Å². The Morgan fingerprint density at radius 2 is 2.15 bits per heavy atom. The molecule has 0 aliphatic carbocycles. The third kappa shape index (κ3) is 4.39. The normalized spacial score (nSPS) is 10.8. The van der Waals surface area contributed by atoms with Gasteiger partial charge in [-0.25, -0.2) is 4.98 Å². The van der Waals surface area contributed by atoms with Crippen LogP contribution < -0.4 is 0 Å². The number of hydrogen-bond acceptors (Lipinski definition) is 2. The molecule has 0 aliphatic rings. The minimum Gasteiger partial charge on any atom is -0.309 e. The summed E-state index contributed by atoms with van der Waals surface area (Å²) in [5.41, 5.74) is 1.16. The van der Waals surface area contributed by atoms with E-state index in [2.05, 4.69) is 46.0 Å². The molecule has 72 valence electrons. The molecule has 0 atom stereocenters. The topological polar surface area (TPSA) is 16.1 Å². The average Bonchev–Trinajstić information content (AvgIpc) is 2.03. The van der Waals surface area contributed by atoms with Gasteiger partial charge < -0.3 is 4.90 Å². The fourth-order valence-corrected chi connectivity index (χ4v) is 1.55. The van der Waals surface area contributed by atoms with Crippen molar-refractivity contribution >= 4 is 15.9 Å². The first kappa shape index (κ1) is 10.7. The van der Waals surface area contributed by atoms with Crippen LogP contribution in [0.1, 0.15) is 12.1 Å². The zero-order chi connectivity index (χ0) is 9.68. The van der Waals surface area contributed by atoms with Crippen LogP contribution >= 0.6 is 15.9 Å². The molecule has 0 saturated carbocycles. The van der Waals surface area contributed by atoms with Crippen LogP contribution in [0.5, 0.6) is 0 Å². The van der Waals surface area contributed by atoms with Crippen molar-refractivity contribution in [3.05, 3.63) is 28.5 Å². The molecule has 0 bridgehead atoms. The third-order valence-corrected chi connectivity index (χ3v) is 2.25. The lowest BCUT2D eigenvalue weighted by Crippen LogP contribution is -2.13. The van der Waals surface area contributed by atoms with Gasteiger partial charge in [0.15, 0.2) is 0 Å². The molecule has 0 amide bonds. The molecular weight excluding hydrogens is 228 g/mol. The summed E-state index contributed by atoms with van der Waals surface area (Å²) < 4.78 is 0.926. The minimum absolute atomic E-state index is 0.926. The van der Waals surface area contributed by atoms with Crippen LogP contribution in [0.15, 0.2) is 22.8 Å². The van der Waals surface area contributed by atoms with E-state index in [9.17, 15) is 0 Å². The Morgan fingerprint density at radius 3 is 2.77 bits per heavy atom. The first-order chi connectivity index (χ1) is 6.18. The monoisotopic (exact) mass is 242 g/mol.